The summed E-state index contributed by atoms with van der Waals surface area (Å²) in [4.78, 5) is 35.6. The van der Waals surface area contributed by atoms with E-state index in [4.69, 9.17) is 9.47 Å². The molecule has 0 unspecified atom stereocenters. The van der Waals surface area contributed by atoms with Crippen molar-refractivity contribution in [2.75, 3.05) is 13.7 Å². The van der Waals surface area contributed by atoms with Gasteiger partial charge < -0.3 is 19.5 Å². The molecule has 0 fully saturated rings. The fraction of sp³-hybridized carbons (Fsp3) is 0.250. The molecule has 166 valence electrons. The van der Waals surface area contributed by atoms with Crippen LogP contribution in [0.1, 0.15) is 11.1 Å². The summed E-state index contributed by atoms with van der Waals surface area (Å²) in [6.07, 6.45) is -2.27. The first-order valence-corrected chi connectivity index (χ1v) is 10.5. The van der Waals surface area contributed by atoms with Crippen LogP contribution in [0.5, 0.6) is 0 Å². The molecule has 11 heteroatoms. The van der Waals surface area contributed by atoms with Gasteiger partial charge in [-0.1, -0.05) is 48.0 Å². The zero-order chi connectivity index (χ0) is 22.9. The molecule has 0 heterocycles. The minimum absolute atomic E-state index is 0.0449. The van der Waals surface area contributed by atoms with E-state index < -0.39 is 40.8 Å². The topological polar surface area (TPSA) is 137 Å². The molecule has 0 spiro atoms. The number of benzene rings is 2. The van der Waals surface area contributed by atoms with Crippen LogP contribution < -0.4 is 10.0 Å². The number of aryl methyl sites for hydroxylation is 1. The maximum Gasteiger partial charge on any atom is 0.421 e. The summed E-state index contributed by atoms with van der Waals surface area (Å²) in [7, 11) is -3.09. The van der Waals surface area contributed by atoms with E-state index in [1.807, 2.05) is 0 Å². The number of ether oxygens (including phenoxy) is 3. The SMILES string of the molecule is COC(=O)[C@H](COC(=O)NS(=O)(=O)c1ccc(C)cc1)NC(=O)OCc1ccccc1. The van der Waals surface area contributed by atoms with E-state index in [0.717, 1.165) is 18.2 Å². The van der Waals surface area contributed by atoms with Crippen LogP contribution in [0.25, 0.3) is 0 Å². The summed E-state index contributed by atoms with van der Waals surface area (Å²) < 4.78 is 40.4. The van der Waals surface area contributed by atoms with Crippen LogP contribution in [0.3, 0.4) is 0 Å². The van der Waals surface area contributed by atoms with E-state index in [1.165, 1.54) is 12.1 Å². The summed E-state index contributed by atoms with van der Waals surface area (Å²) in [6, 6.07) is 13.2. The number of hydrogen-bond acceptors (Lipinski definition) is 8. The predicted molar refractivity (Wildman–Crippen MR) is 108 cm³/mol. The van der Waals surface area contributed by atoms with Gasteiger partial charge in [0.15, 0.2) is 6.04 Å². The Bertz CT molecular complexity index is 1010. The van der Waals surface area contributed by atoms with Crippen LogP contribution in [0.4, 0.5) is 9.59 Å². The highest BCUT2D eigenvalue weighted by molar-refractivity contribution is 7.90. The number of amides is 2. The van der Waals surface area contributed by atoms with Crippen LogP contribution in [0.15, 0.2) is 59.5 Å². The van der Waals surface area contributed by atoms with E-state index in [9.17, 15) is 22.8 Å². The molecule has 0 saturated carbocycles. The number of esters is 1. The number of hydrogen-bond donors (Lipinski definition) is 2. The Morgan fingerprint density at radius 3 is 2.19 bits per heavy atom. The van der Waals surface area contributed by atoms with Crippen molar-refractivity contribution in [2.45, 2.75) is 24.5 Å². The molecule has 2 rings (SSSR count). The molecule has 0 aromatic heterocycles. The first-order valence-electron chi connectivity index (χ1n) is 9.02. The van der Waals surface area contributed by atoms with Gasteiger partial charge in [0.1, 0.15) is 13.2 Å². The van der Waals surface area contributed by atoms with E-state index in [2.05, 4.69) is 10.1 Å². The van der Waals surface area contributed by atoms with Crippen molar-refractivity contribution >= 4 is 28.2 Å². The van der Waals surface area contributed by atoms with Gasteiger partial charge in [-0.25, -0.2) is 27.5 Å². The van der Waals surface area contributed by atoms with Crippen LogP contribution in [0.2, 0.25) is 0 Å². The number of carbonyl (C=O) groups excluding carboxylic acids is 3. The van der Waals surface area contributed by atoms with Gasteiger partial charge in [-0.05, 0) is 24.6 Å². The van der Waals surface area contributed by atoms with Crippen molar-refractivity contribution in [2.24, 2.45) is 0 Å². The highest BCUT2D eigenvalue weighted by Gasteiger charge is 2.26. The first kappa shape index (κ1) is 23.7. The lowest BCUT2D eigenvalue weighted by atomic mass is 10.2. The number of rotatable bonds is 8. The zero-order valence-electron chi connectivity index (χ0n) is 16.9. The van der Waals surface area contributed by atoms with Crippen LogP contribution in [-0.2, 0) is 35.6 Å². The summed E-state index contributed by atoms with van der Waals surface area (Å²) in [6.45, 7) is 1.06. The molecule has 2 N–H and O–H groups in total. The quantitative estimate of drug-likeness (QED) is 0.459. The minimum atomic E-state index is -4.17. The predicted octanol–water partition coefficient (Wildman–Crippen LogP) is 1.88. The number of methoxy groups -OCH3 is 1. The zero-order valence-corrected chi connectivity index (χ0v) is 17.7. The van der Waals surface area contributed by atoms with E-state index in [-0.39, 0.29) is 11.5 Å². The summed E-state index contributed by atoms with van der Waals surface area (Å²) >= 11 is 0. The maximum atomic E-state index is 12.2. The number of nitrogens with one attached hydrogen (secondary N) is 2. The van der Waals surface area contributed by atoms with E-state index >= 15 is 0 Å². The van der Waals surface area contributed by atoms with Gasteiger partial charge >= 0.3 is 18.2 Å². The maximum absolute atomic E-state index is 12.2. The van der Waals surface area contributed by atoms with Crippen molar-refractivity contribution in [3.8, 4) is 0 Å². The number of carbonyl (C=O) groups is 3. The molecule has 0 aliphatic carbocycles. The van der Waals surface area contributed by atoms with Crippen molar-refractivity contribution in [3.05, 3.63) is 65.7 Å². The molecule has 10 nitrogen and oxygen atoms in total. The Kier molecular flexibility index (Phi) is 8.38. The minimum Gasteiger partial charge on any atom is -0.467 e. The Balaban J connectivity index is 1.90. The normalized spacial score (nSPS) is 11.7. The van der Waals surface area contributed by atoms with E-state index in [0.29, 0.717) is 0 Å². The Morgan fingerprint density at radius 2 is 1.58 bits per heavy atom. The molecule has 0 saturated heterocycles. The van der Waals surface area contributed by atoms with Gasteiger partial charge in [0, 0.05) is 0 Å². The summed E-state index contributed by atoms with van der Waals surface area (Å²) in [5, 5.41) is 2.20. The first-order chi connectivity index (χ1) is 14.7. The van der Waals surface area contributed by atoms with Crippen LogP contribution in [0, 0.1) is 6.92 Å². The van der Waals surface area contributed by atoms with Gasteiger partial charge in [-0.15, -0.1) is 0 Å². The second-order valence-corrected chi connectivity index (χ2v) is 7.98. The van der Waals surface area contributed by atoms with Gasteiger partial charge in [-0.3, -0.25) is 0 Å². The second kappa shape index (κ2) is 11.0. The van der Waals surface area contributed by atoms with Crippen molar-refractivity contribution in [1.82, 2.24) is 10.0 Å². The van der Waals surface area contributed by atoms with Crippen molar-refractivity contribution in [1.29, 1.82) is 0 Å². The molecule has 0 bridgehead atoms. The highest BCUT2D eigenvalue weighted by atomic mass is 32.2. The fourth-order valence-corrected chi connectivity index (χ4v) is 3.18. The third kappa shape index (κ3) is 7.63. The lowest BCUT2D eigenvalue weighted by Gasteiger charge is -2.16. The summed E-state index contributed by atoms with van der Waals surface area (Å²) in [5.74, 6) is -0.911. The molecule has 0 aliphatic heterocycles. The van der Waals surface area contributed by atoms with Crippen molar-refractivity contribution in [3.63, 3.8) is 0 Å². The lowest BCUT2D eigenvalue weighted by Crippen LogP contribution is -2.46. The smallest absolute Gasteiger partial charge is 0.421 e. The van der Waals surface area contributed by atoms with Gasteiger partial charge in [0.05, 0.1) is 12.0 Å². The third-order valence-electron chi connectivity index (χ3n) is 3.92. The average molecular weight is 450 g/mol. The fourth-order valence-electron chi connectivity index (χ4n) is 2.29. The lowest BCUT2D eigenvalue weighted by molar-refractivity contribution is -0.144. The molecule has 2 aromatic rings. The number of alkyl carbamates (subject to hydrolysis) is 1. The van der Waals surface area contributed by atoms with Gasteiger partial charge in [0.25, 0.3) is 10.0 Å². The van der Waals surface area contributed by atoms with Crippen LogP contribution in [-0.4, -0.2) is 46.3 Å². The molecule has 2 aromatic carbocycles. The second-order valence-electron chi connectivity index (χ2n) is 6.30. The highest BCUT2D eigenvalue weighted by Crippen LogP contribution is 2.10. The van der Waals surface area contributed by atoms with Gasteiger partial charge in [-0.2, -0.15) is 0 Å². The molecular formula is C20H22N2O8S. The molecule has 2 amide bonds. The molecule has 0 radical (unpaired) electrons. The van der Waals surface area contributed by atoms with E-state index in [1.54, 1.807) is 54.1 Å². The average Bonchev–Trinajstić information content (AvgIpc) is 2.75. The molecule has 31 heavy (non-hydrogen) atoms. The van der Waals surface area contributed by atoms with Crippen molar-refractivity contribution < 1.29 is 37.0 Å². The molecular weight excluding hydrogens is 428 g/mol. The Hall–Kier alpha value is -3.60. The number of sulfonamides is 1. The Morgan fingerprint density at radius 1 is 0.935 bits per heavy atom. The Labute approximate surface area is 179 Å². The molecule has 1 atom stereocenters. The third-order valence-corrected chi connectivity index (χ3v) is 5.25. The van der Waals surface area contributed by atoms with Crippen LogP contribution >= 0.6 is 0 Å². The standard InChI is InChI=1S/C20H22N2O8S/c1-14-8-10-16(11-9-14)31(26,27)22-20(25)30-13-17(18(23)28-2)21-19(24)29-12-15-6-4-3-5-7-15/h3-11,17H,12-13H2,1-2H3,(H,21,24)(H,22,25)/t17-/m0/s1. The summed E-state index contributed by atoms with van der Waals surface area (Å²) in [5.41, 5.74) is 1.57. The monoisotopic (exact) mass is 450 g/mol. The molecule has 0 aliphatic rings. The largest absolute Gasteiger partial charge is 0.467 e. The van der Waals surface area contributed by atoms with Gasteiger partial charge in [0.2, 0.25) is 0 Å².